The summed E-state index contributed by atoms with van der Waals surface area (Å²) in [6.45, 7) is 3.64. The van der Waals surface area contributed by atoms with Gasteiger partial charge in [-0.15, -0.1) is 0 Å². The molecule has 0 aromatic carbocycles. The number of ether oxygens (including phenoxy) is 1. The smallest absolute Gasteiger partial charge is 0.255 e. The van der Waals surface area contributed by atoms with Crippen molar-refractivity contribution < 1.29 is 9.53 Å². The third-order valence-corrected chi connectivity index (χ3v) is 4.44. The number of carbonyl (C=O) groups is 1. The largest absolute Gasteiger partial charge is 0.471 e. The number of hydrogen-bond acceptors (Lipinski definition) is 4. The molecule has 3 aromatic rings. The summed E-state index contributed by atoms with van der Waals surface area (Å²) in [6.07, 6.45) is 6.91. The molecule has 0 bridgehead atoms. The summed E-state index contributed by atoms with van der Waals surface area (Å²) < 4.78 is 8.19. The molecule has 0 N–H and O–H groups in total. The van der Waals surface area contributed by atoms with Gasteiger partial charge in [-0.2, -0.15) is 0 Å². The lowest BCUT2D eigenvalue weighted by Gasteiger charge is -2.24. The predicted octanol–water partition coefficient (Wildman–Crippen LogP) is 2.69. The molecule has 0 radical (unpaired) electrons. The molecule has 0 unspecified atom stereocenters. The summed E-state index contributed by atoms with van der Waals surface area (Å²) in [7, 11) is 0. The van der Waals surface area contributed by atoms with E-state index in [4.69, 9.17) is 4.74 Å². The minimum absolute atomic E-state index is 0.0366. The Kier molecular flexibility index (Phi) is 4.39. The molecule has 6 heteroatoms. The maximum Gasteiger partial charge on any atom is 0.255 e. The van der Waals surface area contributed by atoms with Crippen LogP contribution in [0.3, 0.4) is 0 Å². The van der Waals surface area contributed by atoms with Crippen molar-refractivity contribution in [3.05, 3.63) is 78.0 Å². The quantitative estimate of drug-likeness (QED) is 0.730. The van der Waals surface area contributed by atoms with Gasteiger partial charge in [-0.1, -0.05) is 6.07 Å². The molecule has 4 rings (SSSR count). The van der Waals surface area contributed by atoms with Crippen LogP contribution in [0.15, 0.2) is 61.2 Å². The van der Waals surface area contributed by atoms with Crippen molar-refractivity contribution in [1.29, 1.82) is 0 Å². The first-order valence-electron chi connectivity index (χ1n) is 8.62. The summed E-state index contributed by atoms with van der Waals surface area (Å²) in [5.74, 6) is 0.531. The normalized spacial score (nSPS) is 16.7. The van der Waals surface area contributed by atoms with E-state index in [0.29, 0.717) is 31.1 Å². The van der Waals surface area contributed by atoms with Gasteiger partial charge in [-0.3, -0.25) is 9.78 Å². The number of aryl methyl sites for hydroxylation is 1. The van der Waals surface area contributed by atoms with Crippen molar-refractivity contribution in [2.45, 2.75) is 26.1 Å². The number of rotatable bonds is 3. The number of fused-ring (bicyclic) bond motifs is 1. The van der Waals surface area contributed by atoms with Gasteiger partial charge in [0.25, 0.3) is 5.91 Å². The van der Waals surface area contributed by atoms with E-state index in [1.165, 1.54) is 0 Å². The molecule has 6 nitrogen and oxygen atoms in total. The van der Waals surface area contributed by atoms with Gasteiger partial charge in [-0.05, 0) is 36.8 Å². The van der Waals surface area contributed by atoms with Crippen LogP contribution in [0.2, 0.25) is 0 Å². The molecule has 4 heterocycles. The van der Waals surface area contributed by atoms with E-state index < -0.39 is 0 Å². The van der Waals surface area contributed by atoms with E-state index >= 15 is 0 Å². The van der Waals surface area contributed by atoms with Crippen LogP contribution in [0.25, 0.3) is 0 Å². The maximum atomic E-state index is 13.0. The molecule has 1 atom stereocenters. The second-order valence-electron chi connectivity index (χ2n) is 6.50. The molecule has 0 aliphatic carbocycles. The second-order valence-corrected chi connectivity index (χ2v) is 6.50. The fourth-order valence-corrected chi connectivity index (χ4v) is 3.23. The number of amides is 1. The lowest BCUT2D eigenvalue weighted by molar-refractivity contribution is 0.0646. The first-order valence-corrected chi connectivity index (χ1v) is 8.62. The SMILES string of the molecule is Cc1cncc(C(=O)N2Cc3cccn3C[C@H](Oc3ccccn3)C2)c1. The van der Waals surface area contributed by atoms with Crippen LogP contribution in [-0.4, -0.2) is 38.0 Å². The molecule has 3 aromatic heterocycles. The molecule has 1 aliphatic heterocycles. The Balaban J connectivity index is 1.61. The highest BCUT2D eigenvalue weighted by Gasteiger charge is 2.27. The van der Waals surface area contributed by atoms with Gasteiger partial charge in [0.2, 0.25) is 5.88 Å². The number of hydrogen-bond donors (Lipinski definition) is 0. The predicted molar refractivity (Wildman–Crippen MR) is 96.8 cm³/mol. The van der Waals surface area contributed by atoms with Crippen LogP contribution < -0.4 is 4.74 Å². The highest BCUT2D eigenvalue weighted by Crippen LogP contribution is 2.19. The average molecular weight is 348 g/mol. The molecule has 26 heavy (non-hydrogen) atoms. The Labute approximate surface area is 152 Å². The molecular formula is C20H20N4O2. The van der Waals surface area contributed by atoms with Crippen LogP contribution in [-0.2, 0) is 13.1 Å². The van der Waals surface area contributed by atoms with Crippen molar-refractivity contribution in [2.24, 2.45) is 0 Å². The standard InChI is InChI=1S/C20H20N4O2/c1-15-9-16(11-21-10-15)20(25)24-12-17-5-4-8-23(17)13-18(14-24)26-19-6-2-3-7-22-19/h2-11,18H,12-14H2,1H3/t18-/m0/s1. The van der Waals surface area contributed by atoms with Crippen LogP contribution in [0.1, 0.15) is 21.6 Å². The molecule has 0 saturated heterocycles. The number of nitrogens with zero attached hydrogens (tertiary/aromatic N) is 4. The highest BCUT2D eigenvalue weighted by molar-refractivity contribution is 5.94. The Morgan fingerprint density at radius 1 is 1.19 bits per heavy atom. The minimum Gasteiger partial charge on any atom is -0.471 e. The van der Waals surface area contributed by atoms with E-state index in [1.54, 1.807) is 18.6 Å². The molecule has 0 spiro atoms. The zero-order chi connectivity index (χ0) is 17.9. The van der Waals surface area contributed by atoms with Crippen LogP contribution in [0.5, 0.6) is 5.88 Å². The summed E-state index contributed by atoms with van der Waals surface area (Å²) in [6, 6.07) is 11.5. The van der Waals surface area contributed by atoms with E-state index in [0.717, 1.165) is 11.3 Å². The summed E-state index contributed by atoms with van der Waals surface area (Å²) >= 11 is 0. The van der Waals surface area contributed by atoms with Gasteiger partial charge < -0.3 is 14.2 Å². The number of carbonyl (C=O) groups excluding carboxylic acids is 1. The van der Waals surface area contributed by atoms with Crippen molar-refractivity contribution in [3.8, 4) is 5.88 Å². The molecular weight excluding hydrogens is 328 g/mol. The number of aromatic nitrogens is 3. The molecule has 1 amide bonds. The second kappa shape index (κ2) is 7.00. The van der Waals surface area contributed by atoms with E-state index in [1.807, 2.05) is 54.4 Å². The van der Waals surface area contributed by atoms with E-state index in [2.05, 4.69) is 14.5 Å². The summed E-state index contributed by atoms with van der Waals surface area (Å²) in [4.78, 5) is 23.3. The molecule has 132 valence electrons. The fourth-order valence-electron chi connectivity index (χ4n) is 3.23. The summed E-state index contributed by atoms with van der Waals surface area (Å²) in [5, 5.41) is 0. The van der Waals surface area contributed by atoms with Crippen molar-refractivity contribution >= 4 is 5.91 Å². The van der Waals surface area contributed by atoms with E-state index in [9.17, 15) is 4.79 Å². The van der Waals surface area contributed by atoms with Gasteiger partial charge >= 0.3 is 0 Å². The van der Waals surface area contributed by atoms with Crippen LogP contribution in [0, 0.1) is 6.92 Å². The van der Waals surface area contributed by atoms with E-state index in [-0.39, 0.29) is 12.0 Å². The molecule has 1 aliphatic rings. The van der Waals surface area contributed by atoms with Gasteiger partial charge in [-0.25, -0.2) is 4.98 Å². The zero-order valence-electron chi connectivity index (χ0n) is 14.6. The lowest BCUT2D eigenvalue weighted by Crippen LogP contribution is -2.38. The topological polar surface area (TPSA) is 60.2 Å². The monoisotopic (exact) mass is 348 g/mol. The zero-order valence-corrected chi connectivity index (χ0v) is 14.6. The first-order chi connectivity index (χ1) is 12.7. The van der Waals surface area contributed by atoms with Crippen molar-refractivity contribution in [3.63, 3.8) is 0 Å². The van der Waals surface area contributed by atoms with Gasteiger partial charge in [0.1, 0.15) is 6.10 Å². The van der Waals surface area contributed by atoms with Gasteiger partial charge in [0, 0.05) is 36.5 Å². The first kappa shape index (κ1) is 16.3. The van der Waals surface area contributed by atoms with Crippen LogP contribution in [0.4, 0.5) is 0 Å². The third kappa shape index (κ3) is 3.44. The van der Waals surface area contributed by atoms with Gasteiger partial charge in [0.15, 0.2) is 0 Å². The Bertz CT molecular complexity index is 907. The number of pyridine rings is 2. The maximum absolute atomic E-state index is 13.0. The Hall–Kier alpha value is -3.15. The van der Waals surface area contributed by atoms with Gasteiger partial charge in [0.05, 0.1) is 25.2 Å². The highest BCUT2D eigenvalue weighted by atomic mass is 16.5. The van der Waals surface area contributed by atoms with Crippen molar-refractivity contribution in [1.82, 2.24) is 19.4 Å². The Morgan fingerprint density at radius 3 is 2.92 bits per heavy atom. The van der Waals surface area contributed by atoms with Crippen LogP contribution >= 0.6 is 0 Å². The van der Waals surface area contributed by atoms with Crippen molar-refractivity contribution in [2.75, 3.05) is 6.54 Å². The Morgan fingerprint density at radius 2 is 2.12 bits per heavy atom. The molecule has 0 saturated carbocycles. The third-order valence-electron chi connectivity index (χ3n) is 4.44. The fraction of sp³-hybridized carbons (Fsp3) is 0.250. The average Bonchev–Trinajstić information content (AvgIpc) is 3.00. The lowest BCUT2D eigenvalue weighted by atomic mass is 10.2. The minimum atomic E-state index is -0.180. The summed E-state index contributed by atoms with van der Waals surface area (Å²) in [5.41, 5.74) is 2.66. The molecule has 0 fully saturated rings.